The van der Waals surface area contributed by atoms with E-state index in [1.54, 1.807) is 0 Å². The molecule has 0 atom stereocenters. The van der Waals surface area contributed by atoms with Crippen LogP contribution in [0.4, 0.5) is 0 Å². The van der Waals surface area contributed by atoms with E-state index in [0.29, 0.717) is 0 Å². The van der Waals surface area contributed by atoms with Crippen molar-refractivity contribution in [2.45, 2.75) is 33.1 Å². The van der Waals surface area contributed by atoms with Crippen molar-refractivity contribution < 1.29 is 0 Å². The number of aryl methyl sites for hydroxylation is 1. The molecule has 106 valence electrons. The van der Waals surface area contributed by atoms with Crippen molar-refractivity contribution in [2.75, 3.05) is 19.6 Å². The minimum atomic E-state index is 1.08. The molecular formula is C18H24N2. The second-order valence-corrected chi connectivity index (χ2v) is 5.69. The lowest BCUT2D eigenvalue weighted by Gasteiger charge is -2.26. The summed E-state index contributed by atoms with van der Waals surface area (Å²) in [6.07, 6.45) is 8.12. The van der Waals surface area contributed by atoms with Crippen LogP contribution in [0.2, 0.25) is 0 Å². The summed E-state index contributed by atoms with van der Waals surface area (Å²) in [5, 5.41) is 1.38. The Bertz CT molecular complexity index is 621. The minimum Gasteiger partial charge on any atom is -0.360 e. The lowest BCUT2D eigenvalue weighted by molar-refractivity contribution is 0.305. The van der Waals surface area contributed by atoms with Crippen molar-refractivity contribution in [1.82, 2.24) is 9.88 Å². The predicted molar refractivity (Wildman–Crippen MR) is 87.0 cm³/mol. The zero-order valence-corrected chi connectivity index (χ0v) is 12.6. The first-order valence-electron chi connectivity index (χ1n) is 7.84. The molecule has 2 heteroatoms. The van der Waals surface area contributed by atoms with Gasteiger partial charge < -0.3 is 4.98 Å². The molecule has 2 aromatic rings. The van der Waals surface area contributed by atoms with Crippen molar-refractivity contribution in [3.63, 3.8) is 0 Å². The van der Waals surface area contributed by atoms with Crippen LogP contribution in [0, 0.1) is 0 Å². The number of nitrogens with zero attached hydrogens (tertiary/aromatic N) is 1. The normalized spacial score (nSPS) is 16.6. The molecule has 1 aliphatic rings. The van der Waals surface area contributed by atoms with Gasteiger partial charge in [-0.3, -0.25) is 4.90 Å². The molecule has 0 unspecified atom stereocenters. The van der Waals surface area contributed by atoms with Crippen molar-refractivity contribution in [3.05, 3.63) is 41.6 Å². The van der Waals surface area contributed by atoms with Gasteiger partial charge in [-0.05, 0) is 36.9 Å². The highest BCUT2D eigenvalue weighted by atomic mass is 15.1. The van der Waals surface area contributed by atoms with Crippen molar-refractivity contribution in [3.8, 4) is 0 Å². The van der Waals surface area contributed by atoms with Crippen LogP contribution in [-0.4, -0.2) is 29.5 Å². The van der Waals surface area contributed by atoms with Gasteiger partial charge in [-0.15, -0.1) is 0 Å². The highest BCUT2D eigenvalue weighted by Crippen LogP contribution is 2.29. The Balaban J connectivity index is 1.96. The zero-order valence-electron chi connectivity index (χ0n) is 12.6. The molecule has 0 aliphatic carbocycles. The van der Waals surface area contributed by atoms with E-state index >= 15 is 0 Å². The zero-order chi connectivity index (χ0) is 13.9. The summed E-state index contributed by atoms with van der Waals surface area (Å²) in [7, 11) is 0. The second-order valence-electron chi connectivity index (χ2n) is 5.69. The van der Waals surface area contributed by atoms with E-state index in [1.165, 1.54) is 53.5 Å². The average Bonchev–Trinajstić information content (AvgIpc) is 2.92. The predicted octanol–water partition coefficient (Wildman–Crippen LogP) is 4.23. The van der Waals surface area contributed by atoms with Gasteiger partial charge in [0.25, 0.3) is 0 Å². The Labute approximate surface area is 121 Å². The molecule has 2 nitrogen and oxygen atoms in total. The smallest absolute Gasteiger partial charge is 0.0492 e. The van der Waals surface area contributed by atoms with E-state index in [9.17, 15) is 0 Å². The SMILES string of the molecule is CCCN1CCC=C(c2c[nH]c3c(CC)cccc23)C1. The molecule has 1 N–H and O–H groups in total. The molecule has 1 aromatic heterocycles. The van der Waals surface area contributed by atoms with Crippen LogP contribution in [0.1, 0.15) is 37.8 Å². The number of aromatic nitrogens is 1. The fraction of sp³-hybridized carbons (Fsp3) is 0.444. The quantitative estimate of drug-likeness (QED) is 0.879. The molecule has 0 amide bonds. The van der Waals surface area contributed by atoms with Crippen molar-refractivity contribution >= 4 is 16.5 Å². The van der Waals surface area contributed by atoms with Crippen LogP contribution in [0.15, 0.2) is 30.5 Å². The minimum absolute atomic E-state index is 1.08. The summed E-state index contributed by atoms with van der Waals surface area (Å²) in [5.74, 6) is 0. The Morgan fingerprint density at radius 2 is 2.15 bits per heavy atom. The van der Waals surface area contributed by atoms with E-state index in [2.05, 4.69) is 54.2 Å². The van der Waals surface area contributed by atoms with E-state index in [0.717, 1.165) is 13.0 Å². The maximum absolute atomic E-state index is 3.49. The van der Waals surface area contributed by atoms with E-state index in [-0.39, 0.29) is 0 Å². The number of nitrogens with one attached hydrogen (secondary N) is 1. The van der Waals surface area contributed by atoms with Gasteiger partial charge in [-0.2, -0.15) is 0 Å². The molecule has 0 saturated heterocycles. The van der Waals surface area contributed by atoms with Gasteiger partial charge in [0.1, 0.15) is 0 Å². The fourth-order valence-corrected chi connectivity index (χ4v) is 3.29. The third kappa shape index (κ3) is 2.40. The fourth-order valence-electron chi connectivity index (χ4n) is 3.29. The molecule has 20 heavy (non-hydrogen) atoms. The van der Waals surface area contributed by atoms with Gasteiger partial charge in [-0.1, -0.05) is 38.1 Å². The molecule has 3 rings (SSSR count). The maximum atomic E-state index is 3.49. The Morgan fingerprint density at radius 3 is 2.95 bits per heavy atom. The van der Waals surface area contributed by atoms with Gasteiger partial charge in [0.05, 0.1) is 0 Å². The number of aromatic amines is 1. The lowest BCUT2D eigenvalue weighted by atomic mass is 9.99. The average molecular weight is 268 g/mol. The van der Waals surface area contributed by atoms with Gasteiger partial charge >= 0.3 is 0 Å². The molecule has 1 aliphatic heterocycles. The topological polar surface area (TPSA) is 19.0 Å². The van der Waals surface area contributed by atoms with Gasteiger partial charge in [0.15, 0.2) is 0 Å². The van der Waals surface area contributed by atoms with Crippen molar-refractivity contribution in [1.29, 1.82) is 0 Å². The van der Waals surface area contributed by atoms with E-state index in [1.807, 2.05) is 0 Å². The van der Waals surface area contributed by atoms with Crippen LogP contribution >= 0.6 is 0 Å². The number of rotatable bonds is 4. The number of H-pyrrole nitrogens is 1. The Hall–Kier alpha value is -1.54. The molecule has 0 spiro atoms. The highest BCUT2D eigenvalue weighted by Gasteiger charge is 2.16. The molecular weight excluding hydrogens is 244 g/mol. The largest absolute Gasteiger partial charge is 0.360 e. The van der Waals surface area contributed by atoms with Crippen LogP contribution in [0.5, 0.6) is 0 Å². The molecule has 0 saturated carbocycles. The summed E-state index contributed by atoms with van der Waals surface area (Å²) < 4.78 is 0. The van der Waals surface area contributed by atoms with Crippen LogP contribution in [0.25, 0.3) is 16.5 Å². The number of para-hydroxylation sites is 1. The van der Waals surface area contributed by atoms with Crippen molar-refractivity contribution in [2.24, 2.45) is 0 Å². The third-order valence-corrected chi connectivity index (χ3v) is 4.30. The summed E-state index contributed by atoms with van der Waals surface area (Å²) in [6.45, 7) is 7.99. The van der Waals surface area contributed by atoms with Crippen LogP contribution in [-0.2, 0) is 6.42 Å². The number of benzene rings is 1. The first kappa shape index (κ1) is 13.4. The second kappa shape index (κ2) is 5.84. The lowest BCUT2D eigenvalue weighted by Crippen LogP contribution is -2.30. The highest BCUT2D eigenvalue weighted by molar-refractivity contribution is 5.94. The molecule has 0 radical (unpaired) electrons. The summed E-state index contributed by atoms with van der Waals surface area (Å²) in [4.78, 5) is 6.06. The first-order valence-corrected chi connectivity index (χ1v) is 7.84. The monoisotopic (exact) mass is 268 g/mol. The summed E-state index contributed by atoms with van der Waals surface area (Å²) in [6, 6.07) is 6.66. The number of hydrogen-bond donors (Lipinski definition) is 1. The Morgan fingerprint density at radius 1 is 1.25 bits per heavy atom. The Kier molecular flexibility index (Phi) is 3.93. The third-order valence-electron chi connectivity index (χ3n) is 4.30. The molecule has 0 bridgehead atoms. The van der Waals surface area contributed by atoms with Crippen LogP contribution < -0.4 is 0 Å². The van der Waals surface area contributed by atoms with E-state index < -0.39 is 0 Å². The number of hydrogen-bond acceptors (Lipinski definition) is 1. The number of fused-ring (bicyclic) bond motifs is 1. The van der Waals surface area contributed by atoms with Gasteiger partial charge in [-0.25, -0.2) is 0 Å². The molecule has 2 heterocycles. The van der Waals surface area contributed by atoms with Gasteiger partial charge in [0.2, 0.25) is 0 Å². The standard InChI is InChI=1S/C18H24N2/c1-3-10-20-11-6-8-15(13-20)17-12-19-18-14(4-2)7-5-9-16(17)18/h5,7-9,12,19H,3-4,6,10-11,13H2,1-2H3. The van der Waals surface area contributed by atoms with Gasteiger partial charge in [0, 0.05) is 35.8 Å². The molecule has 0 fully saturated rings. The van der Waals surface area contributed by atoms with E-state index in [4.69, 9.17) is 0 Å². The summed E-state index contributed by atoms with van der Waals surface area (Å²) >= 11 is 0. The maximum Gasteiger partial charge on any atom is 0.0492 e. The first-order chi connectivity index (χ1) is 9.83. The van der Waals surface area contributed by atoms with Crippen LogP contribution in [0.3, 0.4) is 0 Å². The molecule has 1 aromatic carbocycles. The summed E-state index contributed by atoms with van der Waals surface area (Å²) in [5.41, 5.74) is 5.62.